The van der Waals surface area contributed by atoms with Crippen LogP contribution in [0.1, 0.15) is 0 Å². The lowest BCUT2D eigenvalue weighted by Crippen LogP contribution is -3.17. The molecule has 0 atom stereocenters. The van der Waals surface area contributed by atoms with Crippen molar-refractivity contribution < 1.29 is 20.0 Å². The third-order valence-electron chi connectivity index (χ3n) is 4.41. The fraction of sp³-hybridized carbons (Fsp3) is 0.333. The second-order valence-corrected chi connectivity index (χ2v) is 12.2. The summed E-state index contributed by atoms with van der Waals surface area (Å²) in [6, 6.07) is 15.5. The van der Waals surface area contributed by atoms with E-state index in [1.807, 2.05) is 24.3 Å². The van der Waals surface area contributed by atoms with Crippen LogP contribution in [-0.2, 0) is 0 Å². The van der Waals surface area contributed by atoms with Gasteiger partial charge in [-0.1, -0.05) is 36.4 Å². The maximum atomic E-state index is 10.4. The van der Waals surface area contributed by atoms with Gasteiger partial charge in [0.1, 0.15) is 22.5 Å². The maximum Gasteiger partial charge on any atom is 0.143 e. The normalized spacial score (nSPS) is 26.6. The minimum absolute atomic E-state index is 0.410. The topological polar surface area (TPSA) is 49.3 Å². The van der Waals surface area contributed by atoms with Crippen LogP contribution >= 0.6 is 15.8 Å². The fourth-order valence-electron chi connectivity index (χ4n) is 3.47. The van der Waals surface area contributed by atoms with Crippen LogP contribution in [0.4, 0.5) is 0 Å². The van der Waals surface area contributed by atoms with Gasteiger partial charge in [-0.15, -0.1) is 0 Å². The molecule has 0 amide bonds. The Hall–Kier alpha value is -1.18. The molecule has 0 radical (unpaired) electrons. The zero-order chi connectivity index (χ0) is 17.4. The van der Waals surface area contributed by atoms with Crippen LogP contribution in [0.15, 0.2) is 48.5 Å². The molecule has 4 nitrogen and oxygen atoms in total. The molecule has 0 bridgehead atoms. The summed E-state index contributed by atoms with van der Waals surface area (Å²) in [5.74, 6) is 0.820. The van der Waals surface area contributed by atoms with E-state index < -0.39 is 15.8 Å². The molecule has 1 aliphatic rings. The Morgan fingerprint density at radius 3 is 1.29 bits per heavy atom. The van der Waals surface area contributed by atoms with Crippen molar-refractivity contribution in [1.82, 2.24) is 0 Å². The van der Waals surface area contributed by atoms with E-state index >= 15 is 0 Å². The van der Waals surface area contributed by atoms with E-state index in [9.17, 15) is 10.2 Å². The molecule has 2 aromatic carbocycles. The molecule has 2 aromatic rings. The summed E-state index contributed by atoms with van der Waals surface area (Å²) < 4.78 is 0. The summed E-state index contributed by atoms with van der Waals surface area (Å²) in [5.41, 5.74) is 0.882. The number of aromatic hydroxyl groups is 2. The molecule has 24 heavy (non-hydrogen) atoms. The van der Waals surface area contributed by atoms with Crippen LogP contribution in [0, 0.1) is 0 Å². The Bertz CT molecular complexity index is 654. The second-order valence-electron chi connectivity index (χ2n) is 6.69. The van der Waals surface area contributed by atoms with Gasteiger partial charge in [0.05, 0.1) is 44.0 Å². The average Bonchev–Trinajstić information content (AvgIpc) is 2.49. The number of phenolic OH excluding ortho intramolecular Hbond substituents is 2. The number of hydrogen-bond acceptors (Lipinski definition) is 2. The quantitative estimate of drug-likeness (QED) is 0.572. The Morgan fingerprint density at radius 1 is 0.667 bits per heavy atom. The number of benzene rings is 2. The summed E-state index contributed by atoms with van der Waals surface area (Å²) in [4.78, 5) is 2.80. The van der Waals surface area contributed by atoms with Crippen molar-refractivity contribution in [2.75, 3.05) is 28.2 Å². The van der Waals surface area contributed by atoms with E-state index in [1.165, 1.54) is 9.80 Å². The van der Waals surface area contributed by atoms with E-state index in [2.05, 4.69) is 40.3 Å². The van der Waals surface area contributed by atoms with Gasteiger partial charge in [-0.2, -0.15) is 0 Å². The first-order valence-corrected chi connectivity index (χ1v) is 11.1. The highest BCUT2D eigenvalue weighted by molar-refractivity contribution is 7.98. The number of quaternary nitrogens is 2. The van der Waals surface area contributed by atoms with Gasteiger partial charge in [0.15, 0.2) is 0 Å². The van der Waals surface area contributed by atoms with Gasteiger partial charge in [0, 0.05) is 10.6 Å². The number of rotatable bonds is 4. The lowest BCUT2D eigenvalue weighted by Gasteiger charge is -2.52. The lowest BCUT2D eigenvalue weighted by atomic mass is 10.3. The van der Waals surface area contributed by atoms with E-state index in [0.717, 1.165) is 10.6 Å². The molecule has 0 saturated carbocycles. The highest BCUT2D eigenvalue weighted by Crippen LogP contribution is 2.74. The summed E-state index contributed by atoms with van der Waals surface area (Å²) >= 11 is 0. The standard InChI is InChI=1S/C18H24N2O2P2/c1-19(2)17-23(15-11-7-5-9-13(15)21)18(20(3)4)24(17)16-12-8-6-10-14(16)22/h5-12,17-18,21-22H,1-4H3/p+2. The van der Waals surface area contributed by atoms with Crippen LogP contribution < -0.4 is 20.4 Å². The van der Waals surface area contributed by atoms with Crippen LogP contribution in [0.3, 0.4) is 0 Å². The highest BCUT2D eigenvalue weighted by Gasteiger charge is 2.61. The Kier molecular flexibility index (Phi) is 5.13. The average molecular weight is 364 g/mol. The molecular weight excluding hydrogens is 338 g/mol. The molecule has 128 valence electrons. The van der Waals surface area contributed by atoms with Gasteiger partial charge in [0.2, 0.25) is 0 Å². The maximum absolute atomic E-state index is 10.4. The molecule has 1 saturated heterocycles. The number of para-hydroxylation sites is 2. The smallest absolute Gasteiger partial charge is 0.143 e. The van der Waals surface area contributed by atoms with E-state index in [-0.39, 0.29) is 0 Å². The van der Waals surface area contributed by atoms with Crippen molar-refractivity contribution in [2.24, 2.45) is 0 Å². The zero-order valence-corrected chi connectivity index (χ0v) is 16.4. The molecular formula is C18H26N2O2P2+2. The molecule has 4 N–H and O–H groups in total. The van der Waals surface area contributed by atoms with Crippen molar-refractivity contribution >= 4 is 26.5 Å². The minimum atomic E-state index is -0.501. The second kappa shape index (κ2) is 6.98. The van der Waals surface area contributed by atoms with Crippen LogP contribution in [0.25, 0.3) is 0 Å². The highest BCUT2D eigenvalue weighted by atomic mass is 31.2. The Morgan fingerprint density at radius 2 is 1.00 bits per heavy atom. The fourth-order valence-corrected chi connectivity index (χ4v) is 12.7. The number of nitrogens with one attached hydrogen (secondary N) is 2. The third kappa shape index (κ3) is 2.93. The Labute approximate surface area is 146 Å². The van der Waals surface area contributed by atoms with Gasteiger partial charge in [-0.25, -0.2) is 0 Å². The number of hydrogen-bond donors (Lipinski definition) is 4. The largest absolute Gasteiger partial charge is 0.507 e. The van der Waals surface area contributed by atoms with Gasteiger partial charge in [0.25, 0.3) is 0 Å². The minimum Gasteiger partial charge on any atom is -0.507 e. The first-order valence-electron chi connectivity index (χ1n) is 8.16. The molecule has 6 heteroatoms. The molecule has 0 spiro atoms. The molecule has 0 aromatic heterocycles. The first-order chi connectivity index (χ1) is 11.4. The summed E-state index contributed by atoms with van der Waals surface area (Å²) in [7, 11) is 7.76. The third-order valence-corrected chi connectivity index (χ3v) is 13.4. The molecule has 3 rings (SSSR count). The van der Waals surface area contributed by atoms with Crippen molar-refractivity contribution in [3.63, 3.8) is 0 Å². The Balaban J connectivity index is 2.08. The van der Waals surface area contributed by atoms with Gasteiger partial charge >= 0.3 is 0 Å². The summed E-state index contributed by atoms with van der Waals surface area (Å²) in [5, 5.41) is 23.0. The predicted octanol–water partition coefficient (Wildman–Crippen LogP) is -0.118. The van der Waals surface area contributed by atoms with Crippen molar-refractivity contribution in [3.8, 4) is 11.5 Å². The molecule has 0 unspecified atom stereocenters. The van der Waals surface area contributed by atoms with Crippen molar-refractivity contribution in [2.45, 2.75) is 11.0 Å². The lowest BCUT2D eigenvalue weighted by molar-refractivity contribution is -0.875. The first kappa shape index (κ1) is 17.6. The van der Waals surface area contributed by atoms with E-state index in [0.29, 0.717) is 22.5 Å². The van der Waals surface area contributed by atoms with Gasteiger partial charge in [-0.3, -0.25) is 0 Å². The predicted molar refractivity (Wildman–Crippen MR) is 103 cm³/mol. The van der Waals surface area contributed by atoms with E-state index in [4.69, 9.17) is 0 Å². The van der Waals surface area contributed by atoms with Crippen molar-refractivity contribution in [3.05, 3.63) is 48.5 Å². The van der Waals surface area contributed by atoms with Crippen LogP contribution in [0.5, 0.6) is 11.5 Å². The molecule has 0 aliphatic carbocycles. The van der Waals surface area contributed by atoms with Crippen LogP contribution in [0.2, 0.25) is 0 Å². The van der Waals surface area contributed by atoms with Crippen LogP contribution in [-0.4, -0.2) is 49.5 Å². The number of phenols is 2. The SMILES string of the molecule is C[NH+](C)C1P(c2ccccc2O)C([NH+](C)C)P1c1ccccc1O. The van der Waals surface area contributed by atoms with Gasteiger partial charge in [-0.05, 0) is 12.1 Å². The zero-order valence-electron chi connectivity index (χ0n) is 14.6. The molecule has 1 heterocycles. The van der Waals surface area contributed by atoms with E-state index in [1.54, 1.807) is 12.1 Å². The van der Waals surface area contributed by atoms with Crippen molar-refractivity contribution in [1.29, 1.82) is 0 Å². The molecule has 1 aliphatic heterocycles. The summed E-state index contributed by atoms with van der Waals surface area (Å²) in [6.07, 6.45) is 0. The molecule has 1 fully saturated rings. The van der Waals surface area contributed by atoms with Gasteiger partial charge < -0.3 is 20.0 Å². The monoisotopic (exact) mass is 364 g/mol. The summed E-state index contributed by atoms with van der Waals surface area (Å²) in [6.45, 7) is 0.